The van der Waals surface area contributed by atoms with Crippen molar-refractivity contribution in [2.75, 3.05) is 19.0 Å². The lowest BCUT2D eigenvalue weighted by Crippen LogP contribution is -2.25. The summed E-state index contributed by atoms with van der Waals surface area (Å²) in [6, 6.07) is 11.5. The van der Waals surface area contributed by atoms with Gasteiger partial charge in [-0.3, -0.25) is 4.79 Å². The van der Waals surface area contributed by atoms with Crippen LogP contribution >= 0.6 is 0 Å². The molecule has 36 heavy (non-hydrogen) atoms. The number of aromatic nitrogens is 5. The van der Waals surface area contributed by atoms with E-state index in [9.17, 15) is 9.18 Å². The van der Waals surface area contributed by atoms with E-state index in [0.29, 0.717) is 35.2 Å². The molecule has 0 saturated carbocycles. The lowest BCUT2D eigenvalue weighted by atomic mass is 9.85. The standard InChI is InChI=1S/C26H23FN6O3/c1-4-11-36-21-10-7-17(12-22(21)35-3)19-13-23(34)30-25-24(19)15(2)32-33(25)26-29-20(14-28-31-26)16-5-8-18(27)9-6-16/h4-10,12,14,19H,1,11,13H2,2-3H3,(H,30,34)/t19-/m0/s1. The van der Waals surface area contributed by atoms with Gasteiger partial charge in [-0.05, 0) is 48.9 Å². The molecule has 1 atom stereocenters. The number of carbonyl (C=O) groups is 1. The van der Waals surface area contributed by atoms with Gasteiger partial charge < -0.3 is 14.8 Å². The van der Waals surface area contributed by atoms with E-state index in [4.69, 9.17) is 9.47 Å². The SMILES string of the molecule is C=CCOc1ccc([C@@H]2CC(=O)Nc3c2c(C)nn3-c2nncc(-c3ccc(F)cc3)n2)cc1OC. The van der Waals surface area contributed by atoms with Crippen molar-refractivity contribution in [2.45, 2.75) is 19.3 Å². The zero-order chi connectivity index (χ0) is 25.2. The number of aryl methyl sites for hydroxylation is 1. The summed E-state index contributed by atoms with van der Waals surface area (Å²) in [6.45, 7) is 5.89. The lowest BCUT2D eigenvalue weighted by Gasteiger charge is -2.25. The minimum atomic E-state index is -0.344. The number of anilines is 1. The zero-order valence-electron chi connectivity index (χ0n) is 19.7. The Morgan fingerprint density at radius 1 is 1.22 bits per heavy atom. The maximum absolute atomic E-state index is 13.4. The Balaban J connectivity index is 1.56. The van der Waals surface area contributed by atoms with E-state index in [1.807, 2.05) is 25.1 Å². The lowest BCUT2D eigenvalue weighted by molar-refractivity contribution is -0.116. The molecule has 0 fully saturated rings. The molecule has 9 nitrogen and oxygen atoms in total. The highest BCUT2D eigenvalue weighted by molar-refractivity contribution is 5.95. The smallest absolute Gasteiger partial charge is 0.272 e. The van der Waals surface area contributed by atoms with Crippen molar-refractivity contribution in [3.63, 3.8) is 0 Å². The fourth-order valence-electron chi connectivity index (χ4n) is 4.29. The first-order chi connectivity index (χ1) is 17.5. The third-order valence-corrected chi connectivity index (χ3v) is 5.93. The van der Waals surface area contributed by atoms with E-state index in [2.05, 4.69) is 32.2 Å². The van der Waals surface area contributed by atoms with E-state index in [1.165, 1.54) is 23.0 Å². The van der Waals surface area contributed by atoms with Crippen LogP contribution in [0.3, 0.4) is 0 Å². The second kappa shape index (κ2) is 9.57. The first-order valence-corrected chi connectivity index (χ1v) is 11.3. The van der Waals surface area contributed by atoms with Crippen LogP contribution in [0.25, 0.3) is 17.2 Å². The predicted molar refractivity (Wildman–Crippen MR) is 131 cm³/mol. The number of halogens is 1. The number of nitrogens with zero attached hydrogens (tertiary/aromatic N) is 5. The fraction of sp³-hybridized carbons (Fsp3) is 0.192. The number of hydrogen-bond acceptors (Lipinski definition) is 7. The Morgan fingerprint density at radius 3 is 2.78 bits per heavy atom. The predicted octanol–water partition coefficient (Wildman–Crippen LogP) is 4.22. The van der Waals surface area contributed by atoms with Crippen LogP contribution in [0.1, 0.15) is 29.2 Å². The molecule has 5 rings (SSSR count). The van der Waals surface area contributed by atoms with Gasteiger partial charge in [-0.25, -0.2) is 9.37 Å². The number of methoxy groups -OCH3 is 1. The fourth-order valence-corrected chi connectivity index (χ4v) is 4.29. The van der Waals surface area contributed by atoms with Crippen LogP contribution in [0.2, 0.25) is 0 Å². The molecule has 2 aromatic carbocycles. The molecule has 10 heteroatoms. The normalized spacial score (nSPS) is 14.6. The van der Waals surface area contributed by atoms with E-state index in [0.717, 1.165) is 16.8 Å². The van der Waals surface area contributed by atoms with Crippen LogP contribution in [0, 0.1) is 12.7 Å². The molecule has 0 bridgehead atoms. The highest BCUT2D eigenvalue weighted by Crippen LogP contribution is 2.42. The third kappa shape index (κ3) is 4.28. The van der Waals surface area contributed by atoms with Gasteiger partial charge in [0.2, 0.25) is 5.91 Å². The molecule has 1 aliphatic heterocycles. The first-order valence-electron chi connectivity index (χ1n) is 11.3. The highest BCUT2D eigenvalue weighted by Gasteiger charge is 2.33. The Hall–Kier alpha value is -4.60. The topological polar surface area (TPSA) is 104 Å². The number of ether oxygens (including phenoxy) is 2. The minimum absolute atomic E-state index is 0.165. The molecule has 4 aromatic rings. The Labute approximate surface area is 206 Å². The average molecular weight is 487 g/mol. The Kier molecular flexibility index (Phi) is 6.16. The van der Waals surface area contributed by atoms with Gasteiger partial charge in [0.05, 0.1) is 24.7 Å². The number of carbonyl (C=O) groups excluding carboxylic acids is 1. The number of nitrogens with one attached hydrogen (secondary N) is 1. The summed E-state index contributed by atoms with van der Waals surface area (Å²) in [5.41, 5.74) is 3.64. The molecular weight excluding hydrogens is 463 g/mol. The number of benzene rings is 2. The molecule has 0 spiro atoms. The van der Waals surface area contributed by atoms with Crippen molar-refractivity contribution in [2.24, 2.45) is 0 Å². The van der Waals surface area contributed by atoms with Gasteiger partial charge in [0, 0.05) is 23.5 Å². The summed E-state index contributed by atoms with van der Waals surface area (Å²) < 4.78 is 26.0. The maximum atomic E-state index is 13.4. The number of amides is 1. The molecule has 1 amide bonds. The van der Waals surface area contributed by atoms with Crippen LogP contribution < -0.4 is 14.8 Å². The quantitative estimate of drug-likeness (QED) is 0.390. The van der Waals surface area contributed by atoms with Gasteiger partial charge in [-0.15, -0.1) is 5.10 Å². The summed E-state index contributed by atoms with van der Waals surface area (Å²) in [5.74, 6) is 1.05. The summed E-state index contributed by atoms with van der Waals surface area (Å²) in [6.07, 6.45) is 3.39. The monoisotopic (exact) mass is 486 g/mol. The molecule has 0 saturated heterocycles. The van der Waals surface area contributed by atoms with Crippen molar-refractivity contribution in [3.8, 4) is 28.7 Å². The van der Waals surface area contributed by atoms with Gasteiger partial charge in [0.15, 0.2) is 11.5 Å². The summed E-state index contributed by atoms with van der Waals surface area (Å²) in [7, 11) is 1.57. The van der Waals surface area contributed by atoms with Gasteiger partial charge in [0.1, 0.15) is 18.2 Å². The van der Waals surface area contributed by atoms with Crippen molar-refractivity contribution < 1.29 is 18.7 Å². The summed E-state index contributed by atoms with van der Waals surface area (Å²) >= 11 is 0. The molecule has 1 aliphatic rings. The van der Waals surface area contributed by atoms with Crippen LogP contribution in [0.15, 0.2) is 61.3 Å². The summed E-state index contributed by atoms with van der Waals surface area (Å²) in [4.78, 5) is 17.3. The highest BCUT2D eigenvalue weighted by atomic mass is 19.1. The van der Waals surface area contributed by atoms with Crippen LogP contribution in [-0.2, 0) is 4.79 Å². The van der Waals surface area contributed by atoms with Crippen LogP contribution in [0.5, 0.6) is 11.5 Å². The Bertz CT molecular complexity index is 1450. The minimum Gasteiger partial charge on any atom is -0.493 e. The summed E-state index contributed by atoms with van der Waals surface area (Å²) in [5, 5.41) is 15.7. The van der Waals surface area contributed by atoms with Gasteiger partial charge in [-0.2, -0.15) is 14.9 Å². The first kappa shape index (κ1) is 23.2. The van der Waals surface area contributed by atoms with Gasteiger partial charge >= 0.3 is 0 Å². The molecule has 2 aromatic heterocycles. The number of hydrogen-bond donors (Lipinski definition) is 1. The van der Waals surface area contributed by atoms with Crippen LogP contribution in [-0.4, -0.2) is 44.6 Å². The van der Waals surface area contributed by atoms with Crippen molar-refractivity contribution in [3.05, 3.63) is 84.0 Å². The van der Waals surface area contributed by atoms with Crippen LogP contribution in [0.4, 0.5) is 10.2 Å². The third-order valence-electron chi connectivity index (χ3n) is 5.93. The average Bonchev–Trinajstić information content (AvgIpc) is 3.23. The molecule has 0 unspecified atom stereocenters. The van der Waals surface area contributed by atoms with E-state index >= 15 is 0 Å². The molecule has 0 radical (unpaired) electrons. The number of fused-ring (bicyclic) bond motifs is 1. The second-order valence-corrected chi connectivity index (χ2v) is 8.22. The van der Waals surface area contributed by atoms with Gasteiger partial charge in [0.25, 0.3) is 5.95 Å². The zero-order valence-corrected chi connectivity index (χ0v) is 19.7. The largest absolute Gasteiger partial charge is 0.493 e. The van der Waals surface area contributed by atoms with Crippen molar-refractivity contribution in [1.82, 2.24) is 25.0 Å². The molecular formula is C26H23FN6O3. The van der Waals surface area contributed by atoms with E-state index < -0.39 is 0 Å². The maximum Gasteiger partial charge on any atom is 0.272 e. The molecule has 3 heterocycles. The molecule has 0 aliphatic carbocycles. The second-order valence-electron chi connectivity index (χ2n) is 8.22. The van der Waals surface area contributed by atoms with Crippen molar-refractivity contribution in [1.29, 1.82) is 0 Å². The van der Waals surface area contributed by atoms with E-state index in [-0.39, 0.29) is 30.0 Å². The Morgan fingerprint density at radius 2 is 2.03 bits per heavy atom. The molecule has 182 valence electrons. The van der Waals surface area contributed by atoms with Gasteiger partial charge in [-0.1, -0.05) is 18.7 Å². The molecule has 1 N–H and O–H groups in total. The van der Waals surface area contributed by atoms with Crippen molar-refractivity contribution >= 4 is 11.7 Å². The number of rotatable bonds is 7. The van der Waals surface area contributed by atoms with E-state index in [1.54, 1.807) is 25.3 Å².